The van der Waals surface area contributed by atoms with Gasteiger partial charge in [0.05, 0.1) is 0 Å². The second-order valence-electron chi connectivity index (χ2n) is 4.79. The maximum Gasteiger partial charge on any atom is 0.0466 e. The summed E-state index contributed by atoms with van der Waals surface area (Å²) < 4.78 is 10.6. The van der Waals surface area contributed by atoms with Crippen LogP contribution in [0.2, 0.25) is 0 Å². The minimum atomic E-state index is 0.926. The highest BCUT2D eigenvalue weighted by Crippen LogP contribution is 2.08. The predicted octanol–water partition coefficient (Wildman–Crippen LogP) is 4.57. The van der Waals surface area contributed by atoms with Gasteiger partial charge in [-0.25, -0.2) is 0 Å². The lowest BCUT2D eigenvalue weighted by atomic mass is 10.1. The highest BCUT2D eigenvalue weighted by atomic mass is 16.5. The van der Waals surface area contributed by atoms with Gasteiger partial charge >= 0.3 is 0 Å². The Bertz CT molecular complexity index is 112. The van der Waals surface area contributed by atoms with Crippen LogP contribution in [0.25, 0.3) is 0 Å². The molecule has 2 heteroatoms. The van der Waals surface area contributed by atoms with Crippen molar-refractivity contribution in [2.24, 2.45) is 0 Å². The van der Waals surface area contributed by atoms with Gasteiger partial charge in [-0.3, -0.25) is 0 Å². The molecule has 0 spiro atoms. The van der Waals surface area contributed by atoms with Gasteiger partial charge in [-0.15, -0.1) is 0 Å². The van der Waals surface area contributed by atoms with Gasteiger partial charge in [-0.2, -0.15) is 0 Å². The van der Waals surface area contributed by atoms with Crippen molar-refractivity contribution < 1.29 is 9.47 Å². The van der Waals surface area contributed by atoms with Crippen molar-refractivity contribution in [2.45, 2.75) is 71.1 Å². The third-order valence-electron chi connectivity index (χ3n) is 3.03. The first kappa shape index (κ1) is 16.9. The zero-order valence-electron chi connectivity index (χ0n) is 12.0. The highest BCUT2D eigenvalue weighted by molar-refractivity contribution is 4.47. The van der Waals surface area contributed by atoms with E-state index in [2.05, 4.69) is 6.92 Å². The summed E-state index contributed by atoms with van der Waals surface area (Å²) in [5.41, 5.74) is 0. The van der Waals surface area contributed by atoms with Crippen molar-refractivity contribution in [2.75, 3.05) is 26.9 Å². The lowest BCUT2D eigenvalue weighted by Crippen LogP contribution is -1.96. The molecule has 0 aliphatic carbocycles. The monoisotopic (exact) mass is 244 g/mol. The van der Waals surface area contributed by atoms with Crippen molar-refractivity contribution in [3.63, 3.8) is 0 Å². The Balaban J connectivity index is 2.85. The lowest BCUT2D eigenvalue weighted by molar-refractivity contribution is 0.127. The van der Waals surface area contributed by atoms with Gasteiger partial charge in [0.1, 0.15) is 0 Å². The molecule has 2 nitrogen and oxygen atoms in total. The molecule has 0 saturated heterocycles. The number of unbranched alkanes of at least 4 members (excludes halogenated alkanes) is 8. The van der Waals surface area contributed by atoms with Gasteiger partial charge in [0.2, 0.25) is 0 Å². The van der Waals surface area contributed by atoms with E-state index in [0.717, 1.165) is 19.8 Å². The molecule has 17 heavy (non-hydrogen) atoms. The van der Waals surface area contributed by atoms with Crippen LogP contribution in [0, 0.1) is 0 Å². The largest absolute Gasteiger partial charge is 0.385 e. The summed E-state index contributed by atoms with van der Waals surface area (Å²) in [6, 6.07) is 0. The van der Waals surface area contributed by atoms with Crippen molar-refractivity contribution in [3.8, 4) is 0 Å². The molecule has 0 aliphatic heterocycles. The molecule has 0 heterocycles. The average molecular weight is 244 g/mol. The fraction of sp³-hybridized carbons (Fsp3) is 1.00. The summed E-state index contributed by atoms with van der Waals surface area (Å²) in [6.07, 6.45) is 13.1. The lowest BCUT2D eigenvalue weighted by Gasteiger charge is -2.03. The second kappa shape index (κ2) is 15.9. The van der Waals surface area contributed by atoms with E-state index in [4.69, 9.17) is 9.47 Å². The van der Waals surface area contributed by atoms with Crippen molar-refractivity contribution in [1.82, 2.24) is 0 Å². The highest BCUT2D eigenvalue weighted by Gasteiger charge is 1.93. The molecule has 0 unspecified atom stereocenters. The number of hydrogen-bond acceptors (Lipinski definition) is 2. The van der Waals surface area contributed by atoms with E-state index in [1.807, 2.05) is 0 Å². The molecule has 0 rings (SSSR count). The Morgan fingerprint density at radius 3 is 1.59 bits per heavy atom. The summed E-state index contributed by atoms with van der Waals surface area (Å²) in [6.45, 7) is 5.05. The Hall–Kier alpha value is -0.0800. The Morgan fingerprint density at radius 1 is 0.588 bits per heavy atom. The third kappa shape index (κ3) is 15.9. The van der Waals surface area contributed by atoms with Crippen LogP contribution in [0.3, 0.4) is 0 Å². The van der Waals surface area contributed by atoms with Crippen molar-refractivity contribution in [3.05, 3.63) is 0 Å². The predicted molar refractivity (Wildman–Crippen MR) is 74.5 cm³/mol. The smallest absolute Gasteiger partial charge is 0.0466 e. The molecule has 0 atom stereocenters. The van der Waals surface area contributed by atoms with Gasteiger partial charge in [0.15, 0.2) is 0 Å². The van der Waals surface area contributed by atoms with Crippen LogP contribution >= 0.6 is 0 Å². The standard InChI is InChI=1S/C15H32O2/c1-3-4-14-17-15-12-10-8-6-5-7-9-11-13-16-2/h3-15H2,1-2H3. The Morgan fingerprint density at radius 2 is 1.06 bits per heavy atom. The van der Waals surface area contributed by atoms with Crippen molar-refractivity contribution in [1.29, 1.82) is 0 Å². The van der Waals surface area contributed by atoms with Crippen LogP contribution < -0.4 is 0 Å². The third-order valence-corrected chi connectivity index (χ3v) is 3.03. The van der Waals surface area contributed by atoms with E-state index in [-0.39, 0.29) is 0 Å². The first-order valence-electron chi connectivity index (χ1n) is 7.48. The normalized spacial score (nSPS) is 10.9. The molecule has 0 saturated carbocycles. The molecule has 0 bridgehead atoms. The number of ether oxygens (including phenoxy) is 2. The van der Waals surface area contributed by atoms with Crippen LogP contribution in [0.15, 0.2) is 0 Å². The summed E-state index contributed by atoms with van der Waals surface area (Å²) in [7, 11) is 1.78. The van der Waals surface area contributed by atoms with Gasteiger partial charge < -0.3 is 9.47 Å². The van der Waals surface area contributed by atoms with E-state index < -0.39 is 0 Å². The van der Waals surface area contributed by atoms with Gasteiger partial charge in [0.25, 0.3) is 0 Å². The van der Waals surface area contributed by atoms with Gasteiger partial charge in [-0.1, -0.05) is 51.9 Å². The fourth-order valence-electron chi connectivity index (χ4n) is 1.86. The summed E-state index contributed by atoms with van der Waals surface area (Å²) in [5, 5.41) is 0. The van der Waals surface area contributed by atoms with Gasteiger partial charge in [-0.05, 0) is 19.3 Å². The van der Waals surface area contributed by atoms with Crippen LogP contribution in [0.1, 0.15) is 71.1 Å². The van der Waals surface area contributed by atoms with Crippen LogP contribution in [-0.2, 0) is 9.47 Å². The first-order chi connectivity index (χ1) is 8.41. The molecule has 0 radical (unpaired) electrons. The van der Waals surface area contributed by atoms with Crippen LogP contribution in [0.4, 0.5) is 0 Å². The van der Waals surface area contributed by atoms with Gasteiger partial charge in [0, 0.05) is 26.9 Å². The number of rotatable bonds is 14. The SMILES string of the molecule is CCCCOCCCCCCCCCCOC. The molecule has 0 aromatic carbocycles. The molecule has 104 valence electrons. The quantitative estimate of drug-likeness (QED) is 0.417. The van der Waals surface area contributed by atoms with E-state index in [1.165, 1.54) is 64.2 Å². The van der Waals surface area contributed by atoms with Crippen LogP contribution in [-0.4, -0.2) is 26.9 Å². The minimum absolute atomic E-state index is 0.926. The van der Waals surface area contributed by atoms with Crippen molar-refractivity contribution >= 4 is 0 Å². The zero-order valence-corrected chi connectivity index (χ0v) is 12.0. The topological polar surface area (TPSA) is 18.5 Å². The number of methoxy groups -OCH3 is 1. The molecular weight excluding hydrogens is 212 g/mol. The molecule has 0 aliphatic rings. The molecule has 0 aromatic heterocycles. The average Bonchev–Trinajstić information content (AvgIpc) is 2.35. The van der Waals surface area contributed by atoms with E-state index >= 15 is 0 Å². The molecular formula is C15H32O2. The van der Waals surface area contributed by atoms with Crippen LogP contribution in [0.5, 0.6) is 0 Å². The molecule has 0 amide bonds. The Labute approximate surface area is 108 Å². The van der Waals surface area contributed by atoms with E-state index in [1.54, 1.807) is 7.11 Å². The minimum Gasteiger partial charge on any atom is -0.385 e. The number of hydrogen-bond donors (Lipinski definition) is 0. The van der Waals surface area contributed by atoms with E-state index in [9.17, 15) is 0 Å². The Kier molecular flexibility index (Phi) is 15.8. The second-order valence-corrected chi connectivity index (χ2v) is 4.79. The van der Waals surface area contributed by atoms with E-state index in [0.29, 0.717) is 0 Å². The summed E-state index contributed by atoms with van der Waals surface area (Å²) >= 11 is 0. The summed E-state index contributed by atoms with van der Waals surface area (Å²) in [4.78, 5) is 0. The maximum atomic E-state index is 5.53. The molecule has 0 N–H and O–H groups in total. The molecule has 0 fully saturated rings. The fourth-order valence-corrected chi connectivity index (χ4v) is 1.86. The maximum absolute atomic E-state index is 5.53. The zero-order chi connectivity index (χ0) is 12.6. The summed E-state index contributed by atoms with van der Waals surface area (Å²) in [5.74, 6) is 0. The first-order valence-corrected chi connectivity index (χ1v) is 7.48. The molecule has 0 aromatic rings.